The summed E-state index contributed by atoms with van der Waals surface area (Å²) in [6.07, 6.45) is 5.65. The molecule has 0 aromatic carbocycles. The second-order valence-corrected chi connectivity index (χ2v) is 6.61. The Kier molecular flexibility index (Phi) is 5.38. The first-order valence-corrected chi connectivity index (χ1v) is 8.19. The van der Waals surface area contributed by atoms with Crippen LogP contribution in [0.15, 0.2) is 6.33 Å². The van der Waals surface area contributed by atoms with E-state index in [4.69, 9.17) is 4.74 Å². The predicted molar refractivity (Wildman–Crippen MR) is 82.1 cm³/mol. The van der Waals surface area contributed by atoms with Crippen LogP contribution < -0.4 is 0 Å². The molecule has 1 aliphatic rings. The molecule has 1 fully saturated rings. The molecule has 0 bridgehead atoms. The monoisotopic (exact) mass is 295 g/mol. The van der Waals surface area contributed by atoms with Crippen molar-refractivity contribution in [3.05, 3.63) is 12.2 Å². The molecule has 1 N–H and O–H groups in total. The van der Waals surface area contributed by atoms with Crippen LogP contribution in [0.25, 0.3) is 0 Å². The Bertz CT molecular complexity index is 436. The number of hydrogen-bond acceptors (Lipinski definition) is 4. The van der Waals surface area contributed by atoms with E-state index in [1.807, 2.05) is 11.6 Å². The van der Waals surface area contributed by atoms with Gasteiger partial charge in [-0.25, -0.2) is 9.67 Å². The second kappa shape index (κ2) is 6.88. The average Bonchev–Trinajstić information content (AvgIpc) is 2.90. The maximum absolute atomic E-state index is 10.8. The summed E-state index contributed by atoms with van der Waals surface area (Å²) in [5.74, 6) is 1.57. The van der Waals surface area contributed by atoms with Crippen molar-refractivity contribution in [2.24, 2.45) is 5.92 Å². The number of aliphatic hydroxyl groups excluding tert-OH is 1. The van der Waals surface area contributed by atoms with Crippen LogP contribution in [0, 0.1) is 5.92 Å². The Hall–Kier alpha value is -0.940. The van der Waals surface area contributed by atoms with E-state index >= 15 is 0 Å². The highest BCUT2D eigenvalue weighted by atomic mass is 16.5. The number of ether oxygens (including phenoxy) is 1. The van der Waals surface area contributed by atoms with Crippen LogP contribution in [0.2, 0.25) is 0 Å². The Labute approximate surface area is 127 Å². The highest BCUT2D eigenvalue weighted by Crippen LogP contribution is 2.38. The SMILES string of the molecule is CCOC1(C(O)Cc2ncnn2C(C)C)CCC(C)CC1. The Morgan fingerprint density at radius 3 is 2.67 bits per heavy atom. The van der Waals surface area contributed by atoms with Crippen LogP contribution >= 0.6 is 0 Å². The van der Waals surface area contributed by atoms with Gasteiger partial charge in [0.15, 0.2) is 0 Å². The molecule has 0 aliphatic heterocycles. The van der Waals surface area contributed by atoms with E-state index < -0.39 is 11.7 Å². The fourth-order valence-electron chi connectivity index (χ4n) is 3.32. The molecule has 1 aromatic rings. The maximum atomic E-state index is 10.8. The van der Waals surface area contributed by atoms with Gasteiger partial charge in [0.25, 0.3) is 0 Å². The first-order chi connectivity index (χ1) is 9.98. The van der Waals surface area contributed by atoms with Gasteiger partial charge in [-0.05, 0) is 52.4 Å². The summed E-state index contributed by atoms with van der Waals surface area (Å²) in [4.78, 5) is 4.31. The molecule has 1 unspecified atom stereocenters. The molecule has 5 nitrogen and oxygen atoms in total. The molecule has 21 heavy (non-hydrogen) atoms. The van der Waals surface area contributed by atoms with Crippen LogP contribution in [0.3, 0.4) is 0 Å². The second-order valence-electron chi connectivity index (χ2n) is 6.61. The first-order valence-electron chi connectivity index (χ1n) is 8.19. The van der Waals surface area contributed by atoms with E-state index in [0.29, 0.717) is 13.0 Å². The molecule has 1 aromatic heterocycles. The van der Waals surface area contributed by atoms with E-state index in [9.17, 15) is 5.11 Å². The van der Waals surface area contributed by atoms with Crippen molar-refractivity contribution in [2.45, 2.75) is 77.5 Å². The van der Waals surface area contributed by atoms with E-state index in [2.05, 4.69) is 30.9 Å². The van der Waals surface area contributed by atoms with Crippen molar-refractivity contribution >= 4 is 0 Å². The quantitative estimate of drug-likeness (QED) is 0.876. The third kappa shape index (κ3) is 3.64. The molecule has 120 valence electrons. The molecule has 0 amide bonds. The summed E-state index contributed by atoms with van der Waals surface area (Å²) in [6, 6.07) is 0.254. The topological polar surface area (TPSA) is 60.2 Å². The van der Waals surface area contributed by atoms with Crippen LogP contribution in [0.1, 0.15) is 65.2 Å². The van der Waals surface area contributed by atoms with Gasteiger partial charge in [0.1, 0.15) is 12.2 Å². The Morgan fingerprint density at radius 1 is 1.43 bits per heavy atom. The van der Waals surface area contributed by atoms with Crippen LogP contribution in [0.4, 0.5) is 0 Å². The molecule has 2 rings (SSSR count). The van der Waals surface area contributed by atoms with Gasteiger partial charge in [0.05, 0.1) is 11.7 Å². The molecule has 5 heteroatoms. The molecule has 0 spiro atoms. The van der Waals surface area contributed by atoms with Crippen molar-refractivity contribution < 1.29 is 9.84 Å². The zero-order chi connectivity index (χ0) is 15.5. The summed E-state index contributed by atoms with van der Waals surface area (Å²) < 4.78 is 7.91. The standard InChI is InChI=1S/C16H29N3O2/c1-5-21-16(8-6-13(4)7-9-16)14(20)10-15-17-11-18-19(15)12(2)3/h11-14,20H,5-10H2,1-4H3. The fraction of sp³-hybridized carbons (Fsp3) is 0.875. The van der Waals surface area contributed by atoms with E-state index in [0.717, 1.165) is 37.4 Å². The minimum absolute atomic E-state index is 0.254. The van der Waals surface area contributed by atoms with Crippen molar-refractivity contribution in [1.82, 2.24) is 14.8 Å². The van der Waals surface area contributed by atoms with Crippen molar-refractivity contribution in [2.75, 3.05) is 6.61 Å². The van der Waals surface area contributed by atoms with Crippen LogP contribution in [0.5, 0.6) is 0 Å². The summed E-state index contributed by atoms with van der Waals surface area (Å²) in [6.45, 7) is 9.07. The van der Waals surface area contributed by atoms with Gasteiger partial charge < -0.3 is 9.84 Å². The van der Waals surface area contributed by atoms with E-state index in [1.165, 1.54) is 0 Å². The molecule has 1 heterocycles. The van der Waals surface area contributed by atoms with Gasteiger partial charge in [-0.3, -0.25) is 0 Å². The van der Waals surface area contributed by atoms with Gasteiger partial charge in [-0.2, -0.15) is 5.10 Å². The van der Waals surface area contributed by atoms with Gasteiger partial charge in [-0.1, -0.05) is 6.92 Å². The summed E-state index contributed by atoms with van der Waals surface area (Å²) >= 11 is 0. The lowest BCUT2D eigenvalue weighted by Gasteiger charge is -2.42. The average molecular weight is 295 g/mol. The zero-order valence-corrected chi connectivity index (χ0v) is 13.7. The lowest BCUT2D eigenvalue weighted by Crippen LogP contribution is -2.49. The largest absolute Gasteiger partial charge is 0.390 e. The number of hydrogen-bond donors (Lipinski definition) is 1. The molecule has 1 aliphatic carbocycles. The summed E-state index contributed by atoms with van der Waals surface area (Å²) in [7, 11) is 0. The predicted octanol–water partition coefficient (Wildman–Crippen LogP) is 2.75. The highest BCUT2D eigenvalue weighted by molar-refractivity contribution is 4.99. The smallest absolute Gasteiger partial charge is 0.138 e. The zero-order valence-electron chi connectivity index (χ0n) is 13.7. The van der Waals surface area contributed by atoms with E-state index in [-0.39, 0.29) is 6.04 Å². The fourth-order valence-corrected chi connectivity index (χ4v) is 3.32. The van der Waals surface area contributed by atoms with Gasteiger partial charge in [0.2, 0.25) is 0 Å². The normalized spacial score (nSPS) is 28.0. The molecular formula is C16H29N3O2. The summed E-state index contributed by atoms with van der Waals surface area (Å²) in [5, 5.41) is 15.1. The highest BCUT2D eigenvalue weighted by Gasteiger charge is 2.41. The molecular weight excluding hydrogens is 266 g/mol. The lowest BCUT2D eigenvalue weighted by atomic mass is 9.75. The van der Waals surface area contributed by atoms with Crippen molar-refractivity contribution in [3.63, 3.8) is 0 Å². The van der Waals surface area contributed by atoms with Gasteiger partial charge in [-0.15, -0.1) is 0 Å². The number of aromatic nitrogens is 3. The third-order valence-corrected chi connectivity index (χ3v) is 4.67. The van der Waals surface area contributed by atoms with Crippen LogP contribution in [-0.2, 0) is 11.2 Å². The Balaban J connectivity index is 2.11. The maximum Gasteiger partial charge on any atom is 0.138 e. The third-order valence-electron chi connectivity index (χ3n) is 4.67. The van der Waals surface area contributed by atoms with Crippen molar-refractivity contribution in [3.8, 4) is 0 Å². The number of rotatable bonds is 6. The van der Waals surface area contributed by atoms with Gasteiger partial charge >= 0.3 is 0 Å². The minimum atomic E-state index is -0.522. The minimum Gasteiger partial charge on any atom is -0.390 e. The Morgan fingerprint density at radius 2 is 2.10 bits per heavy atom. The molecule has 1 atom stereocenters. The van der Waals surface area contributed by atoms with Gasteiger partial charge in [0, 0.05) is 19.1 Å². The number of nitrogens with zero attached hydrogens (tertiary/aromatic N) is 3. The van der Waals surface area contributed by atoms with Crippen LogP contribution in [-0.4, -0.2) is 38.2 Å². The lowest BCUT2D eigenvalue weighted by molar-refractivity contribution is -0.144. The molecule has 0 radical (unpaired) electrons. The molecule has 1 saturated carbocycles. The summed E-state index contributed by atoms with van der Waals surface area (Å²) in [5.41, 5.74) is -0.408. The number of aliphatic hydroxyl groups is 1. The van der Waals surface area contributed by atoms with Crippen molar-refractivity contribution in [1.29, 1.82) is 0 Å². The van der Waals surface area contributed by atoms with E-state index in [1.54, 1.807) is 6.33 Å². The molecule has 0 saturated heterocycles. The first kappa shape index (κ1) is 16.4.